The Morgan fingerprint density at radius 2 is 1.57 bits per heavy atom. The summed E-state index contributed by atoms with van der Waals surface area (Å²) in [5, 5.41) is 45.5. The molecule has 35 heavy (non-hydrogen) atoms. The molecule has 4 unspecified atom stereocenters. The molecule has 2 aliphatic heterocycles. The summed E-state index contributed by atoms with van der Waals surface area (Å²) >= 11 is 0. The second-order valence-corrected chi connectivity index (χ2v) is 7.67. The Kier molecular flexibility index (Phi) is 18.8. The average Bonchev–Trinajstić information content (AvgIpc) is 3.44. The molecule has 0 saturated carbocycles. The first-order valence-corrected chi connectivity index (χ1v) is 10.9. The lowest BCUT2D eigenvalue weighted by Crippen LogP contribution is -2.32. The van der Waals surface area contributed by atoms with Gasteiger partial charge >= 0.3 is 23.9 Å². The van der Waals surface area contributed by atoms with Gasteiger partial charge in [-0.25, -0.2) is 0 Å². The van der Waals surface area contributed by atoms with Crippen LogP contribution in [-0.2, 0) is 19.2 Å². The third-order valence-corrected chi connectivity index (χ3v) is 4.54. The van der Waals surface area contributed by atoms with Gasteiger partial charge < -0.3 is 53.9 Å². The van der Waals surface area contributed by atoms with Crippen LogP contribution in [0, 0.1) is 0 Å². The molecule has 2 heterocycles. The summed E-state index contributed by atoms with van der Waals surface area (Å²) in [5.41, 5.74) is 20.2. The Hall–Kier alpha value is -3.05. The number of nitrogens with two attached hydrogens (primary N) is 4. The summed E-state index contributed by atoms with van der Waals surface area (Å²) in [6.07, 6.45) is 4.07. The number of carbonyl (C=O) groups is 4. The zero-order valence-electron chi connectivity index (χ0n) is 19.7. The number of nitrogens with one attached hydrogen (secondary N) is 1. The van der Waals surface area contributed by atoms with Crippen molar-refractivity contribution < 1.29 is 44.8 Å². The normalized spacial score (nSPS) is 20.3. The topological polar surface area (TPSA) is 301 Å². The third-order valence-electron chi connectivity index (χ3n) is 4.54. The van der Waals surface area contributed by atoms with Crippen molar-refractivity contribution in [2.45, 2.75) is 69.6 Å². The molecule has 0 aromatic heterocycles. The second kappa shape index (κ2) is 19.3. The standard InChI is InChI=1S/C6H14N4O2.C5H9NO3.C5H9NO2.C3H7NO2/c7-4(5(11)12)2-1-3-10-6(8)9;7-5(8)4-2-1-3-6(4)9;7-5(8)4-2-1-3-6-4;1-2(4)3(5)6/h4H,1-3,7H2,(H,11,12)(H4,8,9,10);4,9H,1-3H2,(H,7,8);4,6H,1-3H2,(H,7,8);2H,4H2,1H3,(H,5,6). The van der Waals surface area contributed by atoms with E-state index in [1.165, 1.54) is 6.92 Å². The molecule has 204 valence electrons. The maximum Gasteiger partial charge on any atom is 0.323 e. The van der Waals surface area contributed by atoms with Gasteiger partial charge in [-0.3, -0.25) is 24.2 Å². The minimum absolute atomic E-state index is 0.0129. The molecule has 0 bridgehead atoms. The summed E-state index contributed by atoms with van der Waals surface area (Å²) in [6, 6.07) is -2.48. The van der Waals surface area contributed by atoms with Crippen molar-refractivity contribution in [2.24, 2.45) is 27.9 Å². The van der Waals surface area contributed by atoms with Gasteiger partial charge in [-0.1, -0.05) is 0 Å². The van der Waals surface area contributed by atoms with Crippen LogP contribution >= 0.6 is 0 Å². The monoisotopic (exact) mass is 509 g/mol. The Morgan fingerprint density at radius 3 is 1.83 bits per heavy atom. The molecular weight excluding hydrogens is 470 g/mol. The van der Waals surface area contributed by atoms with E-state index in [-0.39, 0.29) is 12.0 Å². The lowest BCUT2D eigenvalue weighted by atomic mass is 10.2. The lowest BCUT2D eigenvalue weighted by molar-refractivity contribution is -0.161. The Morgan fingerprint density at radius 1 is 1.00 bits per heavy atom. The van der Waals surface area contributed by atoms with Gasteiger partial charge in [-0.15, -0.1) is 0 Å². The quantitative estimate of drug-likeness (QED) is 0.0927. The first kappa shape index (κ1) is 34.1. The fraction of sp³-hybridized carbons (Fsp3) is 0.737. The molecule has 16 heteroatoms. The number of nitrogens with zero attached hydrogens (tertiary/aromatic N) is 2. The van der Waals surface area contributed by atoms with Gasteiger partial charge in [-0.05, 0) is 52.0 Å². The van der Waals surface area contributed by atoms with E-state index in [0.717, 1.165) is 30.9 Å². The molecule has 0 aromatic carbocycles. The highest BCUT2D eigenvalue weighted by molar-refractivity contribution is 5.75. The first-order chi connectivity index (χ1) is 16.2. The molecule has 0 aliphatic carbocycles. The van der Waals surface area contributed by atoms with Crippen LogP contribution in [0.4, 0.5) is 0 Å². The molecule has 14 N–H and O–H groups in total. The summed E-state index contributed by atoms with van der Waals surface area (Å²) in [7, 11) is 0. The van der Waals surface area contributed by atoms with Gasteiger partial charge in [0.1, 0.15) is 24.2 Å². The van der Waals surface area contributed by atoms with E-state index in [1.54, 1.807) is 0 Å². The van der Waals surface area contributed by atoms with E-state index < -0.39 is 42.0 Å². The largest absolute Gasteiger partial charge is 0.480 e. The smallest absolute Gasteiger partial charge is 0.323 e. The second-order valence-electron chi connectivity index (χ2n) is 7.67. The summed E-state index contributed by atoms with van der Waals surface area (Å²) in [4.78, 5) is 43.8. The minimum Gasteiger partial charge on any atom is -0.480 e. The SMILES string of the molecule is CC(N)C(=O)O.NC(N)=NCCCC(N)C(=O)O.O=C(O)C1CCCN1.O=C(O)C1CCCN1O. The van der Waals surface area contributed by atoms with Gasteiger partial charge in [0.15, 0.2) is 5.96 Å². The van der Waals surface area contributed by atoms with Crippen LogP contribution in [0.15, 0.2) is 4.99 Å². The Labute approximate surface area is 202 Å². The predicted octanol–water partition coefficient (Wildman–Crippen LogP) is -2.38. The van der Waals surface area contributed by atoms with Gasteiger partial charge in [0.25, 0.3) is 0 Å². The van der Waals surface area contributed by atoms with Gasteiger partial charge in [0.2, 0.25) is 0 Å². The van der Waals surface area contributed by atoms with E-state index in [1.807, 2.05) is 0 Å². The average molecular weight is 510 g/mol. The number of hydrogen-bond acceptors (Lipinski definition) is 10. The fourth-order valence-electron chi connectivity index (χ4n) is 2.54. The lowest BCUT2D eigenvalue weighted by Gasteiger charge is -2.11. The van der Waals surface area contributed by atoms with Crippen LogP contribution < -0.4 is 28.3 Å². The zero-order valence-corrected chi connectivity index (χ0v) is 19.7. The maximum atomic E-state index is 10.2. The van der Waals surface area contributed by atoms with Crippen LogP contribution in [0.3, 0.4) is 0 Å². The van der Waals surface area contributed by atoms with Crippen LogP contribution in [-0.4, -0.2) is 104 Å². The Bertz CT molecular complexity index is 682. The highest BCUT2D eigenvalue weighted by Gasteiger charge is 2.28. The van der Waals surface area contributed by atoms with E-state index in [9.17, 15) is 19.2 Å². The van der Waals surface area contributed by atoms with Crippen LogP contribution in [0.2, 0.25) is 0 Å². The van der Waals surface area contributed by atoms with Crippen molar-refractivity contribution in [1.82, 2.24) is 10.4 Å². The number of hydrogen-bond donors (Lipinski definition) is 10. The molecule has 4 atom stereocenters. The first-order valence-electron chi connectivity index (χ1n) is 10.9. The number of aliphatic carboxylic acids is 4. The molecule has 0 spiro atoms. The number of carboxylic acids is 4. The Balaban J connectivity index is 0. The molecule has 2 rings (SSSR count). The van der Waals surface area contributed by atoms with E-state index >= 15 is 0 Å². The number of aliphatic imine (C=N–C) groups is 1. The fourth-order valence-corrected chi connectivity index (χ4v) is 2.54. The summed E-state index contributed by atoms with van der Waals surface area (Å²) in [5.74, 6) is -3.61. The molecule has 2 aliphatic rings. The van der Waals surface area contributed by atoms with Crippen molar-refractivity contribution in [3.63, 3.8) is 0 Å². The maximum absolute atomic E-state index is 10.2. The number of carboxylic acid groups (broad SMARTS) is 4. The number of hydroxylamine groups is 2. The van der Waals surface area contributed by atoms with Crippen molar-refractivity contribution in [3.05, 3.63) is 0 Å². The van der Waals surface area contributed by atoms with Crippen LogP contribution in [0.25, 0.3) is 0 Å². The van der Waals surface area contributed by atoms with E-state index in [2.05, 4.69) is 10.3 Å². The molecule has 2 fully saturated rings. The van der Waals surface area contributed by atoms with Gasteiger partial charge in [0.05, 0.1) is 0 Å². The summed E-state index contributed by atoms with van der Waals surface area (Å²) < 4.78 is 0. The van der Waals surface area contributed by atoms with Crippen molar-refractivity contribution in [3.8, 4) is 0 Å². The predicted molar refractivity (Wildman–Crippen MR) is 125 cm³/mol. The van der Waals surface area contributed by atoms with Gasteiger partial charge in [0, 0.05) is 13.1 Å². The minimum atomic E-state index is -1.00. The van der Waals surface area contributed by atoms with Crippen molar-refractivity contribution in [1.29, 1.82) is 0 Å². The number of guanidine groups is 1. The zero-order chi connectivity index (χ0) is 27.6. The molecular formula is C19H39N7O9. The molecule has 16 nitrogen and oxygen atoms in total. The number of rotatable bonds is 8. The van der Waals surface area contributed by atoms with Gasteiger partial charge in [-0.2, -0.15) is 5.06 Å². The molecule has 2 saturated heterocycles. The summed E-state index contributed by atoms with van der Waals surface area (Å²) in [6.45, 7) is 3.18. The van der Waals surface area contributed by atoms with E-state index in [4.69, 9.17) is 48.6 Å². The molecule has 0 amide bonds. The molecule has 0 radical (unpaired) electrons. The van der Waals surface area contributed by atoms with Crippen molar-refractivity contribution in [2.75, 3.05) is 19.6 Å². The van der Waals surface area contributed by atoms with Crippen LogP contribution in [0.1, 0.15) is 45.4 Å². The van der Waals surface area contributed by atoms with Crippen LogP contribution in [0.5, 0.6) is 0 Å². The van der Waals surface area contributed by atoms with E-state index in [0.29, 0.717) is 32.4 Å². The third kappa shape index (κ3) is 19.0. The highest BCUT2D eigenvalue weighted by Crippen LogP contribution is 2.13. The molecule has 0 aromatic rings. The van der Waals surface area contributed by atoms with Crippen molar-refractivity contribution >= 4 is 29.8 Å². The highest BCUT2D eigenvalue weighted by atomic mass is 16.5.